The molecular formula is C10H14N6. The van der Waals surface area contributed by atoms with Gasteiger partial charge in [-0.2, -0.15) is 15.1 Å². The third kappa shape index (κ3) is 2.28. The molecule has 6 heteroatoms. The van der Waals surface area contributed by atoms with Crippen molar-refractivity contribution < 1.29 is 0 Å². The monoisotopic (exact) mass is 218 g/mol. The van der Waals surface area contributed by atoms with Gasteiger partial charge >= 0.3 is 0 Å². The van der Waals surface area contributed by atoms with Gasteiger partial charge in [0.25, 0.3) is 0 Å². The van der Waals surface area contributed by atoms with E-state index >= 15 is 0 Å². The van der Waals surface area contributed by atoms with Gasteiger partial charge in [0.05, 0.1) is 0 Å². The van der Waals surface area contributed by atoms with Crippen LogP contribution in [0.2, 0.25) is 0 Å². The third-order valence-electron chi connectivity index (χ3n) is 2.03. The topological polar surface area (TPSA) is 81.7 Å². The van der Waals surface area contributed by atoms with E-state index in [-0.39, 0.29) is 5.95 Å². The quantitative estimate of drug-likeness (QED) is 0.802. The zero-order valence-electron chi connectivity index (χ0n) is 9.09. The summed E-state index contributed by atoms with van der Waals surface area (Å²) in [6, 6.07) is 3.65. The molecule has 2 rings (SSSR count). The molecule has 0 amide bonds. The molecule has 0 aliphatic carbocycles. The highest BCUT2D eigenvalue weighted by Crippen LogP contribution is 2.11. The fraction of sp³-hybridized carbons (Fsp3) is 0.300. The molecule has 0 saturated heterocycles. The Morgan fingerprint density at radius 3 is 3.00 bits per heavy atom. The molecule has 0 spiro atoms. The molecule has 6 nitrogen and oxygen atoms in total. The standard InChI is InChI=1S/C10H14N6/c1-2-4-12-8-7-9(15-10(11)14-8)16-6-3-5-13-16/h3,5-7H,2,4H2,1H3,(H3,11,12,14,15). The summed E-state index contributed by atoms with van der Waals surface area (Å²) in [4.78, 5) is 8.21. The normalized spacial score (nSPS) is 10.3. The second-order valence-electron chi connectivity index (χ2n) is 3.35. The number of nitrogens with two attached hydrogens (primary N) is 1. The smallest absolute Gasteiger partial charge is 0.224 e. The molecular weight excluding hydrogens is 204 g/mol. The number of nitrogen functional groups attached to an aromatic ring is 1. The minimum atomic E-state index is 0.242. The maximum absolute atomic E-state index is 5.63. The van der Waals surface area contributed by atoms with Crippen molar-refractivity contribution >= 4 is 11.8 Å². The van der Waals surface area contributed by atoms with E-state index in [1.165, 1.54) is 0 Å². The fourth-order valence-electron chi connectivity index (χ4n) is 1.32. The van der Waals surface area contributed by atoms with Gasteiger partial charge in [0.1, 0.15) is 5.82 Å². The Balaban J connectivity index is 2.29. The predicted molar refractivity (Wildman–Crippen MR) is 62.3 cm³/mol. The highest BCUT2D eigenvalue weighted by molar-refractivity contribution is 5.45. The Bertz CT molecular complexity index is 450. The van der Waals surface area contributed by atoms with Crippen LogP contribution in [-0.4, -0.2) is 26.3 Å². The van der Waals surface area contributed by atoms with Gasteiger partial charge in [-0.25, -0.2) is 4.68 Å². The van der Waals surface area contributed by atoms with Gasteiger partial charge in [0, 0.05) is 25.0 Å². The first-order valence-corrected chi connectivity index (χ1v) is 5.18. The summed E-state index contributed by atoms with van der Waals surface area (Å²) in [6.45, 7) is 2.95. The molecule has 0 aromatic carbocycles. The first kappa shape index (κ1) is 10.4. The van der Waals surface area contributed by atoms with E-state index in [1.807, 2.05) is 18.3 Å². The molecule has 0 fully saturated rings. The SMILES string of the molecule is CCCNc1cc(-n2cccn2)nc(N)n1. The highest BCUT2D eigenvalue weighted by Gasteiger charge is 2.03. The number of hydrogen-bond donors (Lipinski definition) is 2. The van der Waals surface area contributed by atoms with Crippen LogP contribution >= 0.6 is 0 Å². The van der Waals surface area contributed by atoms with Gasteiger partial charge in [-0.05, 0) is 12.5 Å². The number of aromatic nitrogens is 4. The number of rotatable bonds is 4. The van der Waals surface area contributed by atoms with Crippen LogP contribution in [0, 0.1) is 0 Å². The summed E-state index contributed by atoms with van der Waals surface area (Å²) < 4.78 is 1.65. The molecule has 0 aliphatic heterocycles. The predicted octanol–water partition coefficient (Wildman–Crippen LogP) is 1.07. The number of anilines is 2. The lowest BCUT2D eigenvalue weighted by molar-refractivity contribution is 0.841. The number of nitrogens with zero attached hydrogens (tertiary/aromatic N) is 4. The van der Waals surface area contributed by atoms with Crippen molar-refractivity contribution in [2.75, 3.05) is 17.6 Å². The average molecular weight is 218 g/mol. The van der Waals surface area contributed by atoms with Crippen molar-refractivity contribution in [2.24, 2.45) is 0 Å². The Labute approximate surface area is 93.5 Å². The van der Waals surface area contributed by atoms with Gasteiger partial charge in [-0.3, -0.25) is 0 Å². The Hall–Kier alpha value is -2.11. The van der Waals surface area contributed by atoms with Crippen molar-refractivity contribution in [2.45, 2.75) is 13.3 Å². The van der Waals surface area contributed by atoms with Crippen LogP contribution in [0.3, 0.4) is 0 Å². The molecule has 2 heterocycles. The lowest BCUT2D eigenvalue weighted by atomic mass is 10.4. The second-order valence-corrected chi connectivity index (χ2v) is 3.35. The van der Waals surface area contributed by atoms with Crippen LogP contribution in [-0.2, 0) is 0 Å². The molecule has 0 radical (unpaired) electrons. The van der Waals surface area contributed by atoms with Crippen molar-refractivity contribution in [3.63, 3.8) is 0 Å². The van der Waals surface area contributed by atoms with E-state index in [9.17, 15) is 0 Å². The molecule has 0 saturated carbocycles. The first-order chi connectivity index (χ1) is 7.79. The molecule has 0 aliphatic rings. The van der Waals surface area contributed by atoms with Crippen LogP contribution in [0.4, 0.5) is 11.8 Å². The summed E-state index contributed by atoms with van der Waals surface area (Å²) in [6.07, 6.45) is 4.53. The summed E-state index contributed by atoms with van der Waals surface area (Å²) in [5.74, 6) is 1.63. The lowest BCUT2D eigenvalue weighted by Crippen LogP contribution is -2.08. The molecule has 16 heavy (non-hydrogen) atoms. The zero-order valence-corrected chi connectivity index (χ0v) is 9.09. The van der Waals surface area contributed by atoms with Crippen LogP contribution in [0.15, 0.2) is 24.5 Å². The average Bonchev–Trinajstić information content (AvgIpc) is 2.79. The van der Waals surface area contributed by atoms with Crippen molar-refractivity contribution in [3.8, 4) is 5.82 Å². The summed E-state index contributed by atoms with van der Waals surface area (Å²) in [7, 11) is 0. The molecule has 0 bridgehead atoms. The molecule has 0 atom stereocenters. The zero-order chi connectivity index (χ0) is 11.4. The van der Waals surface area contributed by atoms with Crippen molar-refractivity contribution in [1.82, 2.24) is 19.7 Å². The lowest BCUT2D eigenvalue weighted by Gasteiger charge is -2.07. The van der Waals surface area contributed by atoms with Crippen LogP contribution < -0.4 is 11.1 Å². The van der Waals surface area contributed by atoms with Crippen LogP contribution in [0.25, 0.3) is 5.82 Å². The second kappa shape index (κ2) is 4.61. The maximum atomic E-state index is 5.63. The summed E-state index contributed by atoms with van der Waals surface area (Å²) >= 11 is 0. The largest absolute Gasteiger partial charge is 0.370 e. The van der Waals surface area contributed by atoms with Crippen molar-refractivity contribution in [1.29, 1.82) is 0 Å². The van der Waals surface area contributed by atoms with Crippen LogP contribution in [0.1, 0.15) is 13.3 Å². The van der Waals surface area contributed by atoms with Gasteiger partial charge in [-0.15, -0.1) is 0 Å². The van der Waals surface area contributed by atoms with Crippen molar-refractivity contribution in [3.05, 3.63) is 24.5 Å². The Morgan fingerprint density at radius 1 is 1.44 bits per heavy atom. The van der Waals surface area contributed by atoms with E-state index < -0.39 is 0 Å². The number of nitrogens with one attached hydrogen (secondary N) is 1. The minimum absolute atomic E-state index is 0.242. The summed E-state index contributed by atoms with van der Waals surface area (Å²) in [5, 5.41) is 7.26. The Kier molecular flexibility index (Phi) is 3.00. The van der Waals surface area contributed by atoms with Gasteiger partial charge in [0.2, 0.25) is 5.95 Å². The first-order valence-electron chi connectivity index (χ1n) is 5.18. The van der Waals surface area contributed by atoms with Gasteiger partial charge < -0.3 is 11.1 Å². The van der Waals surface area contributed by atoms with E-state index in [0.717, 1.165) is 18.8 Å². The van der Waals surface area contributed by atoms with E-state index in [0.29, 0.717) is 5.82 Å². The fourth-order valence-corrected chi connectivity index (χ4v) is 1.32. The van der Waals surface area contributed by atoms with E-state index in [4.69, 9.17) is 5.73 Å². The van der Waals surface area contributed by atoms with E-state index in [2.05, 4.69) is 27.3 Å². The van der Waals surface area contributed by atoms with Gasteiger partial charge in [0.15, 0.2) is 5.82 Å². The Morgan fingerprint density at radius 2 is 2.31 bits per heavy atom. The summed E-state index contributed by atoms with van der Waals surface area (Å²) in [5.41, 5.74) is 5.63. The van der Waals surface area contributed by atoms with E-state index in [1.54, 1.807) is 10.9 Å². The molecule has 0 unspecified atom stereocenters. The molecule has 3 N–H and O–H groups in total. The van der Waals surface area contributed by atoms with Gasteiger partial charge in [-0.1, -0.05) is 6.92 Å². The minimum Gasteiger partial charge on any atom is -0.370 e. The number of hydrogen-bond acceptors (Lipinski definition) is 5. The van der Waals surface area contributed by atoms with Crippen LogP contribution in [0.5, 0.6) is 0 Å². The highest BCUT2D eigenvalue weighted by atomic mass is 15.3. The third-order valence-corrected chi connectivity index (χ3v) is 2.03. The molecule has 2 aromatic rings. The molecule has 84 valence electrons. The molecule has 2 aromatic heterocycles. The maximum Gasteiger partial charge on any atom is 0.224 e.